The monoisotopic (exact) mass is 324 g/mol. The fraction of sp³-hybridized carbons (Fsp3) is 0.222. The predicted octanol–water partition coefficient (Wildman–Crippen LogP) is 2.98. The topological polar surface area (TPSA) is 80.5 Å². The lowest BCUT2D eigenvalue weighted by molar-refractivity contribution is -0.385. The van der Waals surface area contributed by atoms with Crippen molar-refractivity contribution in [1.29, 1.82) is 0 Å². The van der Waals surface area contributed by atoms with E-state index < -0.39 is 16.9 Å². The van der Waals surface area contributed by atoms with E-state index in [1.807, 2.05) is 12.1 Å². The van der Waals surface area contributed by atoms with Crippen molar-refractivity contribution in [1.82, 2.24) is 0 Å². The smallest absolute Gasteiger partial charge is 0.282 e. The number of carbonyl (C=O) groups is 2. The maximum atomic E-state index is 13.0. The number of aldehydes is 1. The number of fused-ring (bicyclic) bond motifs is 1. The normalized spacial score (nSPS) is 15.9. The van der Waals surface area contributed by atoms with Gasteiger partial charge in [0.25, 0.3) is 11.6 Å². The van der Waals surface area contributed by atoms with E-state index in [-0.39, 0.29) is 11.3 Å². The van der Waals surface area contributed by atoms with Crippen molar-refractivity contribution < 1.29 is 14.5 Å². The van der Waals surface area contributed by atoms with Crippen LogP contribution in [0.5, 0.6) is 0 Å². The molecule has 6 heteroatoms. The van der Waals surface area contributed by atoms with Gasteiger partial charge in [0.15, 0.2) is 0 Å². The number of nitrogens with zero attached hydrogens (tertiary/aromatic N) is 2. The van der Waals surface area contributed by atoms with Gasteiger partial charge in [0.05, 0.1) is 11.0 Å². The van der Waals surface area contributed by atoms with Gasteiger partial charge in [-0.2, -0.15) is 0 Å². The first-order chi connectivity index (χ1) is 11.4. The number of amides is 1. The summed E-state index contributed by atoms with van der Waals surface area (Å²) in [5, 5.41) is 11.4. The molecule has 0 unspecified atom stereocenters. The molecular formula is C18H16N2O4. The molecule has 0 fully saturated rings. The Bertz CT molecular complexity index is 860. The molecule has 2 aromatic rings. The van der Waals surface area contributed by atoms with E-state index in [4.69, 9.17) is 0 Å². The largest absolute Gasteiger partial charge is 0.301 e. The lowest BCUT2D eigenvalue weighted by Gasteiger charge is -2.22. The third-order valence-electron chi connectivity index (χ3n) is 4.43. The molecule has 0 N–H and O–H groups in total. The number of hydrogen-bond acceptors (Lipinski definition) is 4. The first kappa shape index (κ1) is 15.9. The first-order valence-electron chi connectivity index (χ1n) is 7.56. The number of aryl methyl sites for hydroxylation is 2. The Kier molecular flexibility index (Phi) is 3.89. The van der Waals surface area contributed by atoms with E-state index in [1.165, 1.54) is 17.0 Å². The Balaban J connectivity index is 2.14. The highest BCUT2D eigenvalue weighted by Gasteiger charge is 2.36. The van der Waals surface area contributed by atoms with Gasteiger partial charge in [-0.25, -0.2) is 0 Å². The highest BCUT2D eigenvalue weighted by atomic mass is 16.6. The zero-order valence-corrected chi connectivity index (χ0v) is 13.4. The van der Waals surface area contributed by atoms with E-state index in [1.54, 1.807) is 26.0 Å². The summed E-state index contributed by atoms with van der Waals surface area (Å²) in [5.74, 6) is -0.521. The summed E-state index contributed by atoms with van der Waals surface area (Å²) in [4.78, 5) is 36.6. The third-order valence-corrected chi connectivity index (χ3v) is 4.43. The number of rotatable bonds is 3. The molecule has 122 valence electrons. The molecule has 0 saturated heterocycles. The number of nitro groups is 1. The van der Waals surface area contributed by atoms with Gasteiger partial charge in [0.1, 0.15) is 11.8 Å². The van der Waals surface area contributed by atoms with Crippen LogP contribution >= 0.6 is 0 Å². The minimum Gasteiger partial charge on any atom is -0.301 e. The average Bonchev–Trinajstić information content (AvgIpc) is 2.94. The molecule has 0 spiro atoms. The van der Waals surface area contributed by atoms with Gasteiger partial charge < -0.3 is 4.79 Å². The molecule has 0 radical (unpaired) electrons. The molecule has 1 heterocycles. The molecular weight excluding hydrogens is 308 g/mol. The molecule has 2 aromatic carbocycles. The Morgan fingerprint density at radius 3 is 2.58 bits per heavy atom. The van der Waals surface area contributed by atoms with Gasteiger partial charge in [-0.1, -0.05) is 18.2 Å². The lowest BCUT2D eigenvalue weighted by atomic mass is 10.0. The van der Waals surface area contributed by atoms with Crippen LogP contribution in [0.4, 0.5) is 11.4 Å². The van der Waals surface area contributed by atoms with Gasteiger partial charge in [0.2, 0.25) is 0 Å². The number of hydrogen-bond donors (Lipinski definition) is 0. The zero-order chi connectivity index (χ0) is 17.4. The minimum absolute atomic E-state index is 0.00616. The Morgan fingerprint density at radius 1 is 1.25 bits per heavy atom. The Labute approximate surface area is 138 Å². The van der Waals surface area contributed by atoms with Crippen molar-refractivity contribution in [3.63, 3.8) is 0 Å². The predicted molar refractivity (Wildman–Crippen MR) is 89.4 cm³/mol. The molecule has 0 aliphatic carbocycles. The van der Waals surface area contributed by atoms with Crippen molar-refractivity contribution in [2.45, 2.75) is 26.3 Å². The van der Waals surface area contributed by atoms with Crippen molar-refractivity contribution in [2.24, 2.45) is 0 Å². The van der Waals surface area contributed by atoms with Crippen molar-refractivity contribution in [3.05, 3.63) is 68.8 Å². The van der Waals surface area contributed by atoms with Crippen LogP contribution in [0.15, 0.2) is 36.4 Å². The van der Waals surface area contributed by atoms with Crippen molar-refractivity contribution >= 4 is 23.6 Å². The summed E-state index contributed by atoms with van der Waals surface area (Å²) in [6, 6.07) is 9.52. The summed E-state index contributed by atoms with van der Waals surface area (Å²) < 4.78 is 0. The molecule has 0 bridgehead atoms. The van der Waals surface area contributed by atoms with Crippen LogP contribution in [0.2, 0.25) is 0 Å². The molecule has 1 aliphatic heterocycles. The molecule has 0 aromatic heterocycles. The summed E-state index contributed by atoms with van der Waals surface area (Å²) in [6.45, 7) is 3.56. The van der Waals surface area contributed by atoms with Gasteiger partial charge in [-0.15, -0.1) is 0 Å². The lowest BCUT2D eigenvalue weighted by Crippen LogP contribution is -2.39. The molecule has 1 aliphatic rings. The number of carbonyl (C=O) groups excluding carboxylic acids is 2. The van der Waals surface area contributed by atoms with E-state index in [9.17, 15) is 19.7 Å². The van der Waals surface area contributed by atoms with Crippen LogP contribution in [0, 0.1) is 24.0 Å². The SMILES string of the molecule is Cc1cc(C(=O)N2c3ccccc3C[C@H]2C=O)c([N+](=O)[O-])cc1C. The Morgan fingerprint density at radius 2 is 1.92 bits per heavy atom. The molecule has 24 heavy (non-hydrogen) atoms. The number of anilines is 1. The second-order valence-electron chi connectivity index (χ2n) is 5.92. The number of benzene rings is 2. The fourth-order valence-electron chi connectivity index (χ4n) is 3.04. The van der Waals surface area contributed by atoms with Crippen LogP contribution < -0.4 is 4.90 Å². The Hall–Kier alpha value is -3.02. The fourth-order valence-corrected chi connectivity index (χ4v) is 3.04. The van der Waals surface area contributed by atoms with Gasteiger partial charge in [-0.05, 0) is 42.7 Å². The van der Waals surface area contributed by atoms with Gasteiger partial charge >= 0.3 is 0 Å². The standard InChI is InChI=1S/C18H16N2O4/c1-11-7-15(17(20(23)24)8-12(11)2)18(22)19-14(10-21)9-13-5-3-4-6-16(13)19/h3-8,10,14H,9H2,1-2H3/t14-/m0/s1. The van der Waals surface area contributed by atoms with Crippen LogP contribution in [-0.4, -0.2) is 23.2 Å². The summed E-state index contributed by atoms with van der Waals surface area (Å²) >= 11 is 0. The quantitative estimate of drug-likeness (QED) is 0.494. The van der Waals surface area contributed by atoms with Gasteiger partial charge in [-0.3, -0.25) is 19.8 Å². The first-order valence-corrected chi connectivity index (χ1v) is 7.56. The van der Waals surface area contributed by atoms with E-state index in [2.05, 4.69) is 0 Å². The molecule has 3 rings (SSSR count). The molecule has 1 atom stereocenters. The number of para-hydroxylation sites is 1. The maximum Gasteiger partial charge on any atom is 0.282 e. The van der Waals surface area contributed by atoms with E-state index in [0.29, 0.717) is 18.4 Å². The summed E-state index contributed by atoms with van der Waals surface area (Å²) in [5.41, 5.74) is 2.82. The van der Waals surface area contributed by atoms with Crippen LogP contribution in [0.1, 0.15) is 27.0 Å². The van der Waals surface area contributed by atoms with Crippen molar-refractivity contribution in [3.8, 4) is 0 Å². The molecule has 1 amide bonds. The van der Waals surface area contributed by atoms with Crippen LogP contribution in [-0.2, 0) is 11.2 Å². The highest BCUT2D eigenvalue weighted by molar-refractivity contribution is 6.12. The highest BCUT2D eigenvalue weighted by Crippen LogP contribution is 2.34. The third kappa shape index (κ3) is 2.46. The molecule has 6 nitrogen and oxygen atoms in total. The summed E-state index contributed by atoms with van der Waals surface area (Å²) in [7, 11) is 0. The minimum atomic E-state index is -0.642. The molecule has 0 saturated carbocycles. The second kappa shape index (κ2) is 5.88. The van der Waals surface area contributed by atoms with Gasteiger partial charge in [0, 0.05) is 18.2 Å². The van der Waals surface area contributed by atoms with Crippen LogP contribution in [0.3, 0.4) is 0 Å². The second-order valence-corrected chi connectivity index (χ2v) is 5.92. The summed E-state index contributed by atoms with van der Waals surface area (Å²) in [6.07, 6.45) is 1.13. The van der Waals surface area contributed by atoms with Crippen molar-refractivity contribution in [2.75, 3.05) is 4.90 Å². The number of nitro benzene ring substituents is 1. The average molecular weight is 324 g/mol. The van der Waals surface area contributed by atoms with E-state index in [0.717, 1.165) is 16.7 Å². The maximum absolute atomic E-state index is 13.0. The zero-order valence-electron chi connectivity index (χ0n) is 13.4. The van der Waals surface area contributed by atoms with Crippen LogP contribution in [0.25, 0.3) is 0 Å². The van der Waals surface area contributed by atoms with E-state index >= 15 is 0 Å².